The van der Waals surface area contributed by atoms with Gasteiger partial charge in [0.2, 0.25) is 11.8 Å². The van der Waals surface area contributed by atoms with Crippen molar-refractivity contribution >= 4 is 17.8 Å². The highest BCUT2D eigenvalue weighted by Crippen LogP contribution is 2.26. The van der Waals surface area contributed by atoms with Gasteiger partial charge in [0.15, 0.2) is 0 Å². The minimum atomic E-state index is -0.555. The number of fused-ring (bicyclic) bond motifs is 1. The average molecular weight is 561 g/mol. The van der Waals surface area contributed by atoms with E-state index in [1.54, 1.807) is 4.90 Å². The third kappa shape index (κ3) is 8.52. The van der Waals surface area contributed by atoms with Crippen LogP contribution in [0, 0.1) is 17.8 Å². The quantitative estimate of drug-likeness (QED) is 0.397. The SMILES string of the molecule is CC(C)C1COC(=O)C(Cc2ccccc2)CCCC=CCC(CC(=O)N2Cc3ccccc3CC2CO)C(=O)N1. The van der Waals surface area contributed by atoms with Crippen LogP contribution in [-0.4, -0.2) is 53.1 Å². The van der Waals surface area contributed by atoms with Crippen LogP contribution in [0.15, 0.2) is 66.7 Å². The van der Waals surface area contributed by atoms with Gasteiger partial charge in [-0.25, -0.2) is 0 Å². The van der Waals surface area contributed by atoms with Gasteiger partial charge in [0.05, 0.1) is 30.5 Å². The van der Waals surface area contributed by atoms with E-state index in [1.807, 2.05) is 74.5 Å². The molecule has 0 saturated carbocycles. The van der Waals surface area contributed by atoms with Crippen molar-refractivity contribution in [1.82, 2.24) is 10.2 Å². The molecule has 2 aliphatic rings. The number of nitrogens with zero attached hydrogens (tertiary/aromatic N) is 1. The molecule has 2 aliphatic heterocycles. The van der Waals surface area contributed by atoms with E-state index in [1.165, 1.54) is 0 Å². The highest BCUT2D eigenvalue weighted by atomic mass is 16.5. The lowest BCUT2D eigenvalue weighted by atomic mass is 9.91. The lowest BCUT2D eigenvalue weighted by Crippen LogP contribution is -2.49. The first-order valence-corrected chi connectivity index (χ1v) is 15.0. The zero-order chi connectivity index (χ0) is 29.2. The van der Waals surface area contributed by atoms with E-state index in [2.05, 4.69) is 11.4 Å². The Hall–Kier alpha value is -3.45. The summed E-state index contributed by atoms with van der Waals surface area (Å²) in [4.78, 5) is 42.0. The van der Waals surface area contributed by atoms with Gasteiger partial charge < -0.3 is 20.1 Å². The fraction of sp³-hybridized carbons (Fsp3) is 0.500. The topological polar surface area (TPSA) is 95.9 Å². The molecule has 0 radical (unpaired) electrons. The number of aliphatic hydroxyl groups excluding tert-OH is 1. The fourth-order valence-electron chi connectivity index (χ4n) is 5.71. The Labute approximate surface area is 244 Å². The summed E-state index contributed by atoms with van der Waals surface area (Å²) < 4.78 is 5.79. The third-order valence-electron chi connectivity index (χ3n) is 8.38. The number of carbonyl (C=O) groups is 3. The van der Waals surface area contributed by atoms with Crippen molar-refractivity contribution in [3.8, 4) is 0 Å². The maximum Gasteiger partial charge on any atom is 0.309 e. The largest absolute Gasteiger partial charge is 0.463 e. The molecule has 0 bridgehead atoms. The highest BCUT2D eigenvalue weighted by Gasteiger charge is 2.33. The highest BCUT2D eigenvalue weighted by molar-refractivity contribution is 5.86. The first-order chi connectivity index (χ1) is 19.9. The van der Waals surface area contributed by atoms with Crippen molar-refractivity contribution in [3.63, 3.8) is 0 Å². The second-order valence-electron chi connectivity index (χ2n) is 11.7. The Morgan fingerprint density at radius 2 is 1.76 bits per heavy atom. The minimum absolute atomic E-state index is 0.0384. The monoisotopic (exact) mass is 560 g/mol. The maximum atomic E-state index is 13.6. The van der Waals surface area contributed by atoms with Gasteiger partial charge in [-0.15, -0.1) is 0 Å². The van der Waals surface area contributed by atoms with Crippen molar-refractivity contribution < 1.29 is 24.2 Å². The molecule has 0 aromatic heterocycles. The van der Waals surface area contributed by atoms with E-state index in [0.29, 0.717) is 25.8 Å². The molecule has 4 unspecified atom stereocenters. The van der Waals surface area contributed by atoms with Gasteiger partial charge in [0, 0.05) is 13.0 Å². The molecule has 2 aromatic rings. The molecule has 2 N–H and O–H groups in total. The van der Waals surface area contributed by atoms with E-state index >= 15 is 0 Å². The molecule has 0 spiro atoms. The number of rotatable bonds is 6. The van der Waals surface area contributed by atoms with Crippen LogP contribution in [0.4, 0.5) is 0 Å². The van der Waals surface area contributed by atoms with Gasteiger partial charge in [-0.05, 0) is 61.1 Å². The van der Waals surface area contributed by atoms with E-state index in [9.17, 15) is 19.5 Å². The maximum absolute atomic E-state index is 13.6. The number of ether oxygens (including phenoxy) is 1. The van der Waals surface area contributed by atoms with Crippen molar-refractivity contribution in [1.29, 1.82) is 0 Å². The summed E-state index contributed by atoms with van der Waals surface area (Å²) in [6.45, 7) is 4.38. The van der Waals surface area contributed by atoms with Gasteiger partial charge in [0.25, 0.3) is 0 Å². The number of hydrogen-bond acceptors (Lipinski definition) is 5. The van der Waals surface area contributed by atoms with Crippen molar-refractivity contribution in [3.05, 3.63) is 83.4 Å². The molecule has 4 atom stereocenters. The van der Waals surface area contributed by atoms with Crippen molar-refractivity contribution in [2.45, 2.75) is 77.4 Å². The zero-order valence-corrected chi connectivity index (χ0v) is 24.3. The van der Waals surface area contributed by atoms with Crippen LogP contribution in [0.3, 0.4) is 0 Å². The number of nitrogens with one attached hydrogen (secondary N) is 1. The molecule has 7 nitrogen and oxygen atoms in total. The van der Waals surface area contributed by atoms with E-state index in [0.717, 1.165) is 36.0 Å². The van der Waals surface area contributed by atoms with Crippen LogP contribution in [0.25, 0.3) is 0 Å². The van der Waals surface area contributed by atoms with Crippen LogP contribution in [0.1, 0.15) is 62.6 Å². The van der Waals surface area contributed by atoms with Gasteiger partial charge in [-0.3, -0.25) is 14.4 Å². The first kappa shape index (κ1) is 30.5. The molecular weight excluding hydrogens is 516 g/mol. The second kappa shape index (κ2) is 15.0. The third-order valence-corrected chi connectivity index (χ3v) is 8.38. The number of aliphatic hydroxyl groups is 1. The molecule has 0 aliphatic carbocycles. The van der Waals surface area contributed by atoms with Crippen LogP contribution >= 0.6 is 0 Å². The van der Waals surface area contributed by atoms with Crippen LogP contribution in [-0.2, 0) is 38.5 Å². The Kier molecular flexibility index (Phi) is 11.1. The van der Waals surface area contributed by atoms with Gasteiger partial charge in [-0.2, -0.15) is 0 Å². The summed E-state index contributed by atoms with van der Waals surface area (Å²) >= 11 is 0. The van der Waals surface area contributed by atoms with Crippen LogP contribution in [0.5, 0.6) is 0 Å². The number of benzene rings is 2. The molecular formula is C34H44N2O5. The molecule has 7 heteroatoms. The Morgan fingerprint density at radius 3 is 2.49 bits per heavy atom. The number of cyclic esters (lactones) is 1. The standard InChI is InChI=1S/C34H44N2O5/c1-24(2)31-23-41-34(40)28(18-25-12-6-5-7-13-25)16-9-4-3-8-15-27(33(39)35-31)20-32(38)36-21-29-17-11-10-14-26(29)19-30(36)22-37/h3,5-8,10-14,17,24,27-28,30-31,37H,4,9,15-16,18-23H2,1-2H3,(H,35,39). The molecule has 0 saturated heterocycles. The van der Waals surface area contributed by atoms with Crippen LogP contribution in [0.2, 0.25) is 0 Å². The van der Waals surface area contributed by atoms with E-state index < -0.39 is 5.92 Å². The Morgan fingerprint density at radius 1 is 1.02 bits per heavy atom. The van der Waals surface area contributed by atoms with Gasteiger partial charge >= 0.3 is 5.97 Å². The summed E-state index contributed by atoms with van der Waals surface area (Å²) in [5.41, 5.74) is 3.33. The number of allylic oxidation sites excluding steroid dienone is 2. The normalized spacial score (nSPS) is 24.2. The molecule has 2 aromatic carbocycles. The number of carbonyl (C=O) groups excluding carboxylic acids is 3. The Balaban J connectivity index is 1.46. The fourth-order valence-corrected chi connectivity index (χ4v) is 5.71. The second-order valence-corrected chi connectivity index (χ2v) is 11.7. The zero-order valence-electron chi connectivity index (χ0n) is 24.3. The molecule has 2 heterocycles. The van der Waals surface area contributed by atoms with Gasteiger partial charge in [-0.1, -0.05) is 80.6 Å². The van der Waals surface area contributed by atoms with Crippen LogP contribution < -0.4 is 5.32 Å². The first-order valence-electron chi connectivity index (χ1n) is 15.0. The molecule has 0 fully saturated rings. The molecule has 4 rings (SSSR count). The lowest BCUT2D eigenvalue weighted by molar-refractivity contribution is -0.150. The number of esters is 1. The van der Waals surface area contributed by atoms with E-state index in [4.69, 9.17) is 4.74 Å². The molecule has 220 valence electrons. The van der Waals surface area contributed by atoms with E-state index in [-0.39, 0.29) is 61.3 Å². The average Bonchev–Trinajstić information content (AvgIpc) is 2.98. The minimum Gasteiger partial charge on any atom is -0.463 e. The summed E-state index contributed by atoms with van der Waals surface area (Å²) in [6.07, 6.45) is 8.11. The predicted octanol–water partition coefficient (Wildman–Crippen LogP) is 4.61. The predicted molar refractivity (Wildman–Crippen MR) is 159 cm³/mol. The van der Waals surface area contributed by atoms with Gasteiger partial charge in [0.1, 0.15) is 6.61 Å². The number of amides is 2. The summed E-state index contributed by atoms with van der Waals surface area (Å²) in [5.74, 6) is -1.34. The van der Waals surface area contributed by atoms with Crippen molar-refractivity contribution in [2.24, 2.45) is 17.8 Å². The van der Waals surface area contributed by atoms with Crippen molar-refractivity contribution in [2.75, 3.05) is 13.2 Å². The summed E-state index contributed by atoms with van der Waals surface area (Å²) in [6, 6.07) is 17.3. The summed E-state index contributed by atoms with van der Waals surface area (Å²) in [7, 11) is 0. The number of hydrogen-bond donors (Lipinski definition) is 2. The summed E-state index contributed by atoms with van der Waals surface area (Å²) in [5, 5.41) is 13.1. The Bertz CT molecular complexity index is 1190. The molecule has 2 amide bonds. The smallest absolute Gasteiger partial charge is 0.309 e. The lowest BCUT2D eigenvalue weighted by Gasteiger charge is -2.37. The molecule has 41 heavy (non-hydrogen) atoms.